The van der Waals surface area contributed by atoms with E-state index in [1.165, 1.54) is 4.90 Å². The Labute approximate surface area is 156 Å². The summed E-state index contributed by atoms with van der Waals surface area (Å²) in [5.74, 6) is -0.992. The second-order valence-electron chi connectivity index (χ2n) is 5.87. The minimum Gasteiger partial charge on any atom is -0.351 e. The van der Waals surface area contributed by atoms with Crippen LogP contribution in [0.1, 0.15) is 12.0 Å². The molecule has 1 saturated heterocycles. The van der Waals surface area contributed by atoms with Gasteiger partial charge in [0, 0.05) is 28.7 Å². The average Bonchev–Trinajstić information content (AvgIpc) is 3.02. The molecule has 1 aliphatic heterocycles. The lowest BCUT2D eigenvalue weighted by molar-refractivity contribution is -0.132. The maximum atomic E-state index is 12.6. The van der Waals surface area contributed by atoms with Crippen LogP contribution in [0.5, 0.6) is 0 Å². The summed E-state index contributed by atoms with van der Waals surface area (Å²) < 4.78 is 0. The van der Waals surface area contributed by atoms with Crippen molar-refractivity contribution in [3.63, 3.8) is 0 Å². The van der Waals surface area contributed by atoms with Gasteiger partial charge in [-0.2, -0.15) is 0 Å². The molecule has 0 saturated carbocycles. The second kappa shape index (κ2) is 7.93. The Morgan fingerprint density at radius 2 is 1.88 bits per heavy atom. The molecule has 2 aromatic rings. The summed E-state index contributed by atoms with van der Waals surface area (Å²) in [5.41, 5.74) is 1.79. The molecule has 1 N–H and O–H groups in total. The van der Waals surface area contributed by atoms with E-state index in [0.29, 0.717) is 24.5 Å². The Morgan fingerprint density at radius 3 is 2.52 bits per heavy atom. The molecule has 1 aliphatic rings. The van der Waals surface area contributed by atoms with Gasteiger partial charge >= 0.3 is 0 Å². The van der Waals surface area contributed by atoms with Crippen molar-refractivity contribution in [3.05, 3.63) is 59.1 Å². The molecular weight excluding hydrogens is 356 g/mol. The number of hydrogen-bond acceptors (Lipinski definition) is 3. The third kappa shape index (κ3) is 4.17. The number of nitrogens with zero attached hydrogens (tertiary/aromatic N) is 1. The van der Waals surface area contributed by atoms with Crippen molar-refractivity contribution in [1.82, 2.24) is 5.32 Å². The minimum absolute atomic E-state index is 0.155. The number of halogens is 1. The fraction of sp³-hybridized carbons (Fsp3) is 0.263. The molecular formula is C19H19ClN2O2S. The summed E-state index contributed by atoms with van der Waals surface area (Å²) in [6.07, 6.45) is 2.55. The van der Waals surface area contributed by atoms with Crippen LogP contribution in [-0.2, 0) is 16.1 Å². The van der Waals surface area contributed by atoms with Crippen LogP contribution in [0.2, 0.25) is 5.02 Å². The third-order valence-electron chi connectivity index (χ3n) is 4.29. The standard InChI is InChI=1S/C19H19ClN2O2S/c1-25-16-8-2-13(3-9-16)12-21-18(23)17-10-11-22(19(17)24)15-6-4-14(20)5-7-15/h2-9,17H,10-12H2,1H3,(H,21,23)/t17-/m0/s1. The van der Waals surface area contributed by atoms with E-state index in [0.717, 1.165) is 11.3 Å². The summed E-state index contributed by atoms with van der Waals surface area (Å²) >= 11 is 7.56. The van der Waals surface area contributed by atoms with E-state index in [1.807, 2.05) is 30.5 Å². The van der Waals surface area contributed by atoms with Crippen LogP contribution in [0.15, 0.2) is 53.4 Å². The molecule has 2 aromatic carbocycles. The van der Waals surface area contributed by atoms with Crippen molar-refractivity contribution in [2.24, 2.45) is 5.92 Å². The quantitative estimate of drug-likeness (QED) is 0.640. The SMILES string of the molecule is CSc1ccc(CNC(=O)[C@@H]2CCN(c3ccc(Cl)cc3)C2=O)cc1. The number of hydrogen-bond donors (Lipinski definition) is 1. The molecule has 1 atom stereocenters. The molecule has 0 aliphatic carbocycles. The molecule has 130 valence electrons. The Morgan fingerprint density at radius 1 is 1.20 bits per heavy atom. The number of thioether (sulfide) groups is 1. The molecule has 1 heterocycles. The van der Waals surface area contributed by atoms with E-state index < -0.39 is 5.92 Å². The van der Waals surface area contributed by atoms with Crippen LogP contribution in [0, 0.1) is 5.92 Å². The lowest BCUT2D eigenvalue weighted by Crippen LogP contribution is -2.36. The van der Waals surface area contributed by atoms with Gasteiger partial charge in [-0.15, -0.1) is 11.8 Å². The molecule has 0 spiro atoms. The van der Waals surface area contributed by atoms with Crippen molar-refractivity contribution in [3.8, 4) is 0 Å². The summed E-state index contributed by atoms with van der Waals surface area (Å²) in [6, 6.07) is 15.1. The predicted octanol–water partition coefficient (Wildman–Crippen LogP) is 3.73. The number of carbonyl (C=O) groups is 2. The first-order chi connectivity index (χ1) is 12.1. The molecule has 6 heteroatoms. The van der Waals surface area contributed by atoms with Gasteiger partial charge in [-0.3, -0.25) is 9.59 Å². The van der Waals surface area contributed by atoms with Crippen molar-refractivity contribution < 1.29 is 9.59 Å². The van der Waals surface area contributed by atoms with Gasteiger partial charge in [-0.25, -0.2) is 0 Å². The van der Waals surface area contributed by atoms with E-state index >= 15 is 0 Å². The molecule has 3 rings (SSSR count). The largest absolute Gasteiger partial charge is 0.351 e. The number of benzene rings is 2. The van der Waals surface area contributed by atoms with Crippen LogP contribution >= 0.6 is 23.4 Å². The molecule has 4 nitrogen and oxygen atoms in total. The number of anilines is 1. The Bertz CT molecular complexity index is 762. The molecule has 1 fully saturated rings. The number of amides is 2. The third-order valence-corrected chi connectivity index (χ3v) is 5.28. The molecule has 0 unspecified atom stereocenters. The summed E-state index contributed by atoms with van der Waals surface area (Å²) in [6.45, 7) is 0.971. The van der Waals surface area contributed by atoms with Gasteiger partial charge in [0.25, 0.3) is 0 Å². The average molecular weight is 375 g/mol. The first-order valence-electron chi connectivity index (χ1n) is 8.06. The molecule has 0 aromatic heterocycles. The zero-order valence-electron chi connectivity index (χ0n) is 13.9. The first-order valence-corrected chi connectivity index (χ1v) is 9.66. The van der Waals surface area contributed by atoms with Crippen LogP contribution in [0.4, 0.5) is 5.69 Å². The van der Waals surface area contributed by atoms with Crippen LogP contribution < -0.4 is 10.2 Å². The lowest BCUT2D eigenvalue weighted by Gasteiger charge is -2.17. The maximum absolute atomic E-state index is 12.6. The minimum atomic E-state index is -0.624. The maximum Gasteiger partial charge on any atom is 0.239 e. The van der Waals surface area contributed by atoms with Crippen molar-refractivity contribution in [1.29, 1.82) is 0 Å². The fourth-order valence-corrected chi connectivity index (χ4v) is 3.39. The number of rotatable bonds is 5. The van der Waals surface area contributed by atoms with Gasteiger partial charge in [0.05, 0.1) is 0 Å². The molecule has 0 radical (unpaired) electrons. The smallest absolute Gasteiger partial charge is 0.239 e. The zero-order valence-corrected chi connectivity index (χ0v) is 15.4. The number of carbonyl (C=O) groups excluding carboxylic acids is 2. The van der Waals surface area contributed by atoms with Crippen LogP contribution in [0.3, 0.4) is 0 Å². The highest BCUT2D eigenvalue weighted by Gasteiger charge is 2.37. The van der Waals surface area contributed by atoms with Crippen molar-refractivity contribution in [2.75, 3.05) is 17.7 Å². The van der Waals surface area contributed by atoms with Crippen molar-refractivity contribution in [2.45, 2.75) is 17.9 Å². The van der Waals surface area contributed by atoms with Gasteiger partial charge in [-0.1, -0.05) is 23.7 Å². The van der Waals surface area contributed by atoms with Gasteiger partial charge in [0.1, 0.15) is 5.92 Å². The van der Waals surface area contributed by atoms with Gasteiger partial charge in [0.15, 0.2) is 0 Å². The van der Waals surface area contributed by atoms with Gasteiger partial charge in [0.2, 0.25) is 11.8 Å². The number of nitrogens with one attached hydrogen (secondary N) is 1. The summed E-state index contributed by atoms with van der Waals surface area (Å²) in [7, 11) is 0. The van der Waals surface area contributed by atoms with E-state index in [9.17, 15) is 9.59 Å². The Balaban J connectivity index is 1.59. The van der Waals surface area contributed by atoms with Crippen LogP contribution in [0.25, 0.3) is 0 Å². The Kier molecular flexibility index (Phi) is 5.66. The van der Waals surface area contributed by atoms with E-state index in [-0.39, 0.29) is 11.8 Å². The normalized spacial score (nSPS) is 17.0. The van der Waals surface area contributed by atoms with E-state index in [4.69, 9.17) is 11.6 Å². The second-order valence-corrected chi connectivity index (χ2v) is 7.19. The van der Waals surface area contributed by atoms with Gasteiger partial charge in [-0.05, 0) is 54.6 Å². The van der Waals surface area contributed by atoms with Crippen LogP contribution in [-0.4, -0.2) is 24.6 Å². The predicted molar refractivity (Wildman–Crippen MR) is 102 cm³/mol. The topological polar surface area (TPSA) is 49.4 Å². The summed E-state index contributed by atoms with van der Waals surface area (Å²) in [4.78, 5) is 27.8. The highest BCUT2D eigenvalue weighted by molar-refractivity contribution is 7.98. The van der Waals surface area contributed by atoms with Crippen molar-refractivity contribution >= 4 is 40.9 Å². The molecule has 25 heavy (non-hydrogen) atoms. The lowest BCUT2D eigenvalue weighted by atomic mass is 10.1. The van der Waals surface area contributed by atoms with E-state index in [1.54, 1.807) is 40.9 Å². The van der Waals surface area contributed by atoms with E-state index in [2.05, 4.69) is 5.32 Å². The summed E-state index contributed by atoms with van der Waals surface area (Å²) in [5, 5.41) is 3.50. The molecule has 2 amide bonds. The first kappa shape index (κ1) is 17.8. The van der Waals surface area contributed by atoms with Gasteiger partial charge < -0.3 is 10.2 Å². The zero-order chi connectivity index (χ0) is 17.8. The highest BCUT2D eigenvalue weighted by Crippen LogP contribution is 2.26. The fourth-order valence-electron chi connectivity index (χ4n) is 2.86. The highest BCUT2D eigenvalue weighted by atomic mass is 35.5. The molecule has 0 bridgehead atoms. The Hall–Kier alpha value is -1.98. The monoisotopic (exact) mass is 374 g/mol.